The van der Waals surface area contributed by atoms with Crippen molar-refractivity contribution in [2.45, 2.75) is 6.42 Å². The molecule has 3 heteroatoms. The van der Waals surface area contributed by atoms with E-state index >= 15 is 0 Å². The van der Waals surface area contributed by atoms with Crippen molar-refractivity contribution in [3.8, 4) is 0 Å². The number of nitrogens with two attached hydrogens (primary N) is 1. The van der Waals surface area contributed by atoms with Crippen molar-refractivity contribution >= 4 is 0 Å². The highest BCUT2D eigenvalue weighted by atomic mass is 15.2. The SMILES string of the molecule is CN1CCN(CC/C=C\CN)CC1. The van der Waals surface area contributed by atoms with Gasteiger partial charge in [0.1, 0.15) is 0 Å². The van der Waals surface area contributed by atoms with E-state index in [-0.39, 0.29) is 0 Å². The lowest BCUT2D eigenvalue weighted by Crippen LogP contribution is -2.44. The number of rotatable bonds is 4. The predicted octanol–water partition coefficient (Wildman–Crippen LogP) is 0.139. The van der Waals surface area contributed by atoms with E-state index in [2.05, 4.69) is 22.9 Å². The fourth-order valence-corrected chi connectivity index (χ4v) is 1.54. The Kier molecular flexibility index (Phi) is 5.05. The number of likely N-dealkylation sites (N-methyl/N-ethyl adjacent to an activating group) is 1. The van der Waals surface area contributed by atoms with E-state index < -0.39 is 0 Å². The molecule has 0 saturated carbocycles. The summed E-state index contributed by atoms with van der Waals surface area (Å²) in [5, 5.41) is 0. The molecule has 0 unspecified atom stereocenters. The monoisotopic (exact) mass is 183 g/mol. The highest BCUT2D eigenvalue weighted by Gasteiger charge is 2.11. The minimum atomic E-state index is 0.669. The molecule has 0 bridgehead atoms. The predicted molar refractivity (Wildman–Crippen MR) is 56.7 cm³/mol. The van der Waals surface area contributed by atoms with Gasteiger partial charge in [-0.15, -0.1) is 0 Å². The van der Waals surface area contributed by atoms with E-state index in [1.807, 2.05) is 6.08 Å². The lowest BCUT2D eigenvalue weighted by Gasteiger charge is -2.31. The summed E-state index contributed by atoms with van der Waals surface area (Å²) in [7, 11) is 2.19. The number of piperazine rings is 1. The molecule has 0 aromatic rings. The number of nitrogens with zero attached hydrogens (tertiary/aromatic N) is 2. The Balaban J connectivity index is 2.05. The Labute approximate surface area is 81.2 Å². The molecule has 0 aliphatic carbocycles. The molecular formula is C10H21N3. The van der Waals surface area contributed by atoms with Crippen LogP contribution >= 0.6 is 0 Å². The smallest absolute Gasteiger partial charge is 0.0110 e. The Morgan fingerprint density at radius 3 is 2.46 bits per heavy atom. The Bertz CT molecular complexity index is 148. The largest absolute Gasteiger partial charge is 0.327 e. The molecule has 1 aliphatic rings. The molecule has 1 fully saturated rings. The van der Waals surface area contributed by atoms with Gasteiger partial charge >= 0.3 is 0 Å². The van der Waals surface area contributed by atoms with E-state index in [4.69, 9.17) is 5.73 Å². The third-order valence-corrected chi connectivity index (χ3v) is 2.51. The van der Waals surface area contributed by atoms with Crippen LogP contribution in [0.4, 0.5) is 0 Å². The minimum absolute atomic E-state index is 0.669. The average molecular weight is 183 g/mol. The molecule has 1 rings (SSSR count). The van der Waals surface area contributed by atoms with Gasteiger partial charge in [0.15, 0.2) is 0 Å². The van der Waals surface area contributed by atoms with Gasteiger partial charge in [-0.2, -0.15) is 0 Å². The molecular weight excluding hydrogens is 162 g/mol. The molecule has 0 amide bonds. The quantitative estimate of drug-likeness (QED) is 0.629. The zero-order chi connectivity index (χ0) is 9.52. The maximum absolute atomic E-state index is 5.36. The summed E-state index contributed by atoms with van der Waals surface area (Å²) >= 11 is 0. The van der Waals surface area contributed by atoms with Crippen LogP contribution in [0.5, 0.6) is 0 Å². The van der Waals surface area contributed by atoms with Gasteiger partial charge in [0.05, 0.1) is 0 Å². The van der Waals surface area contributed by atoms with Crippen molar-refractivity contribution in [2.24, 2.45) is 5.73 Å². The van der Waals surface area contributed by atoms with E-state index in [1.165, 1.54) is 32.7 Å². The van der Waals surface area contributed by atoms with Crippen LogP contribution in [-0.4, -0.2) is 56.1 Å². The van der Waals surface area contributed by atoms with Gasteiger partial charge in [-0.3, -0.25) is 0 Å². The second-order valence-corrected chi connectivity index (χ2v) is 3.64. The third-order valence-electron chi connectivity index (χ3n) is 2.51. The zero-order valence-electron chi connectivity index (χ0n) is 8.58. The van der Waals surface area contributed by atoms with Crippen LogP contribution in [-0.2, 0) is 0 Å². The van der Waals surface area contributed by atoms with Crippen LogP contribution in [0.2, 0.25) is 0 Å². The first kappa shape index (κ1) is 10.7. The molecule has 1 heterocycles. The van der Waals surface area contributed by atoms with Crippen LogP contribution in [0.15, 0.2) is 12.2 Å². The lowest BCUT2D eigenvalue weighted by molar-refractivity contribution is 0.156. The summed E-state index contributed by atoms with van der Waals surface area (Å²) in [5.41, 5.74) is 5.36. The highest BCUT2D eigenvalue weighted by molar-refractivity contribution is 4.83. The van der Waals surface area contributed by atoms with Crippen LogP contribution < -0.4 is 5.73 Å². The zero-order valence-corrected chi connectivity index (χ0v) is 8.58. The van der Waals surface area contributed by atoms with Gasteiger partial charge in [-0.25, -0.2) is 0 Å². The summed E-state index contributed by atoms with van der Waals surface area (Å²) in [5.74, 6) is 0. The fourth-order valence-electron chi connectivity index (χ4n) is 1.54. The lowest BCUT2D eigenvalue weighted by atomic mass is 10.3. The summed E-state index contributed by atoms with van der Waals surface area (Å²) in [6.07, 6.45) is 5.36. The standard InChI is InChI=1S/C10H21N3/c1-12-7-9-13(10-8-12)6-4-2-3-5-11/h2-3H,4-11H2,1H3/b3-2-. The summed E-state index contributed by atoms with van der Waals surface area (Å²) in [4.78, 5) is 4.90. The van der Waals surface area contributed by atoms with Crippen molar-refractivity contribution in [1.82, 2.24) is 9.80 Å². The van der Waals surface area contributed by atoms with Gasteiger partial charge in [0.25, 0.3) is 0 Å². The first-order valence-corrected chi connectivity index (χ1v) is 5.09. The molecule has 0 radical (unpaired) electrons. The first-order valence-electron chi connectivity index (χ1n) is 5.09. The normalized spacial score (nSPS) is 21.4. The van der Waals surface area contributed by atoms with Crippen molar-refractivity contribution in [2.75, 3.05) is 46.3 Å². The van der Waals surface area contributed by atoms with E-state index in [1.54, 1.807) is 0 Å². The molecule has 1 aliphatic heterocycles. The van der Waals surface area contributed by atoms with Gasteiger partial charge in [0, 0.05) is 39.3 Å². The third kappa shape index (κ3) is 4.41. The molecule has 3 nitrogen and oxygen atoms in total. The molecule has 0 spiro atoms. The first-order chi connectivity index (χ1) is 6.33. The van der Waals surface area contributed by atoms with Crippen molar-refractivity contribution in [3.63, 3.8) is 0 Å². The Morgan fingerprint density at radius 2 is 1.85 bits per heavy atom. The van der Waals surface area contributed by atoms with E-state index in [0.29, 0.717) is 6.54 Å². The molecule has 0 aromatic heterocycles. The molecule has 13 heavy (non-hydrogen) atoms. The molecule has 76 valence electrons. The van der Waals surface area contributed by atoms with Crippen LogP contribution in [0, 0.1) is 0 Å². The van der Waals surface area contributed by atoms with Gasteiger partial charge in [-0.05, 0) is 13.5 Å². The van der Waals surface area contributed by atoms with Gasteiger partial charge in [-0.1, -0.05) is 12.2 Å². The van der Waals surface area contributed by atoms with Gasteiger partial charge < -0.3 is 15.5 Å². The average Bonchev–Trinajstić information content (AvgIpc) is 2.15. The van der Waals surface area contributed by atoms with Crippen molar-refractivity contribution in [1.29, 1.82) is 0 Å². The Morgan fingerprint density at radius 1 is 1.15 bits per heavy atom. The van der Waals surface area contributed by atoms with Crippen molar-refractivity contribution < 1.29 is 0 Å². The number of hydrogen-bond acceptors (Lipinski definition) is 3. The minimum Gasteiger partial charge on any atom is -0.327 e. The summed E-state index contributed by atoms with van der Waals surface area (Å²) in [6, 6.07) is 0. The molecule has 0 aromatic carbocycles. The fraction of sp³-hybridized carbons (Fsp3) is 0.800. The summed E-state index contributed by atoms with van der Waals surface area (Å²) < 4.78 is 0. The van der Waals surface area contributed by atoms with Crippen molar-refractivity contribution in [3.05, 3.63) is 12.2 Å². The molecule has 0 atom stereocenters. The van der Waals surface area contributed by atoms with Gasteiger partial charge in [0.2, 0.25) is 0 Å². The van der Waals surface area contributed by atoms with E-state index in [0.717, 1.165) is 6.42 Å². The van der Waals surface area contributed by atoms with Crippen LogP contribution in [0.3, 0.4) is 0 Å². The van der Waals surface area contributed by atoms with Crippen LogP contribution in [0.1, 0.15) is 6.42 Å². The molecule has 2 N–H and O–H groups in total. The maximum atomic E-state index is 5.36. The topological polar surface area (TPSA) is 32.5 Å². The molecule has 1 saturated heterocycles. The summed E-state index contributed by atoms with van der Waals surface area (Å²) in [6.45, 7) is 6.70. The Hall–Kier alpha value is -0.380. The second kappa shape index (κ2) is 6.13. The van der Waals surface area contributed by atoms with E-state index in [9.17, 15) is 0 Å². The maximum Gasteiger partial charge on any atom is 0.0110 e. The second-order valence-electron chi connectivity index (χ2n) is 3.64. The number of hydrogen-bond donors (Lipinski definition) is 1. The van der Waals surface area contributed by atoms with Crippen LogP contribution in [0.25, 0.3) is 0 Å². The highest BCUT2D eigenvalue weighted by Crippen LogP contribution is 1.99.